The number of aryl methyl sites for hydroxylation is 2. The number of imidazole rings is 1. The summed E-state index contributed by atoms with van der Waals surface area (Å²) >= 11 is 7.97. The van der Waals surface area contributed by atoms with Gasteiger partial charge in [-0.2, -0.15) is 11.8 Å². The van der Waals surface area contributed by atoms with Crippen LogP contribution < -0.4 is 0 Å². The first-order chi connectivity index (χ1) is 9.76. The average Bonchev–Trinajstić information content (AvgIpc) is 2.80. The Morgan fingerprint density at radius 1 is 1.20 bits per heavy atom. The maximum absolute atomic E-state index is 6.04. The Bertz CT molecular complexity index is 551. The van der Waals surface area contributed by atoms with Gasteiger partial charge in [0.15, 0.2) is 0 Å². The van der Waals surface area contributed by atoms with E-state index in [1.54, 1.807) is 0 Å². The molecule has 2 rings (SSSR count). The minimum atomic E-state index is 0.486. The number of hydrogen-bond acceptors (Lipinski definition) is 2. The summed E-state index contributed by atoms with van der Waals surface area (Å²) in [6.07, 6.45) is 7.31. The van der Waals surface area contributed by atoms with Gasteiger partial charge in [-0.15, -0.1) is 11.6 Å². The van der Waals surface area contributed by atoms with Crippen molar-refractivity contribution in [1.29, 1.82) is 0 Å². The maximum atomic E-state index is 6.04. The molecule has 0 amide bonds. The molecule has 0 aliphatic heterocycles. The van der Waals surface area contributed by atoms with Crippen molar-refractivity contribution in [1.82, 2.24) is 9.55 Å². The van der Waals surface area contributed by atoms with Gasteiger partial charge in [0.05, 0.1) is 16.9 Å². The number of fused-ring (bicyclic) bond motifs is 1. The van der Waals surface area contributed by atoms with Crippen LogP contribution in [-0.2, 0) is 12.4 Å². The fourth-order valence-electron chi connectivity index (χ4n) is 2.50. The molecule has 20 heavy (non-hydrogen) atoms. The molecule has 0 atom stereocenters. The lowest BCUT2D eigenvalue weighted by Crippen LogP contribution is -2.02. The zero-order valence-electron chi connectivity index (χ0n) is 12.4. The molecular weight excluding hydrogens is 288 g/mol. The largest absolute Gasteiger partial charge is 0.327 e. The normalized spacial score (nSPS) is 11.3. The van der Waals surface area contributed by atoms with Crippen LogP contribution in [0, 0.1) is 6.92 Å². The molecule has 0 aliphatic rings. The van der Waals surface area contributed by atoms with E-state index < -0.39 is 0 Å². The van der Waals surface area contributed by atoms with Crippen LogP contribution in [0.3, 0.4) is 0 Å². The first kappa shape index (κ1) is 15.7. The third-order valence-corrected chi connectivity index (χ3v) is 4.52. The molecule has 1 aromatic carbocycles. The van der Waals surface area contributed by atoms with Gasteiger partial charge in [0, 0.05) is 6.54 Å². The van der Waals surface area contributed by atoms with Crippen LogP contribution in [0.2, 0.25) is 0 Å². The monoisotopic (exact) mass is 310 g/mol. The van der Waals surface area contributed by atoms with Crippen molar-refractivity contribution in [3.63, 3.8) is 0 Å². The van der Waals surface area contributed by atoms with Crippen molar-refractivity contribution in [2.24, 2.45) is 0 Å². The van der Waals surface area contributed by atoms with E-state index in [2.05, 4.69) is 40.9 Å². The number of benzene rings is 1. The van der Waals surface area contributed by atoms with Crippen LogP contribution in [0.4, 0.5) is 0 Å². The van der Waals surface area contributed by atoms with Crippen LogP contribution in [-0.4, -0.2) is 21.6 Å². The van der Waals surface area contributed by atoms with E-state index in [0.717, 1.165) is 17.9 Å². The van der Waals surface area contributed by atoms with Gasteiger partial charge in [-0.1, -0.05) is 18.9 Å². The standard InChI is InChI=1S/C16H23ClN2S/c1-13-7-8-14-15(11-13)19(16(12-17)18-14)9-5-3-4-6-10-20-2/h7-8,11H,3-6,9-10,12H2,1-2H3. The van der Waals surface area contributed by atoms with Gasteiger partial charge < -0.3 is 4.57 Å². The summed E-state index contributed by atoms with van der Waals surface area (Å²) in [5.41, 5.74) is 3.57. The summed E-state index contributed by atoms with van der Waals surface area (Å²) in [6, 6.07) is 6.42. The van der Waals surface area contributed by atoms with Gasteiger partial charge in [-0.3, -0.25) is 0 Å². The van der Waals surface area contributed by atoms with E-state index >= 15 is 0 Å². The average molecular weight is 311 g/mol. The third-order valence-electron chi connectivity index (χ3n) is 3.58. The maximum Gasteiger partial charge on any atom is 0.124 e. The highest BCUT2D eigenvalue weighted by Gasteiger charge is 2.09. The minimum absolute atomic E-state index is 0.486. The van der Waals surface area contributed by atoms with Gasteiger partial charge in [0.1, 0.15) is 5.82 Å². The smallest absolute Gasteiger partial charge is 0.124 e. The number of halogens is 1. The Morgan fingerprint density at radius 2 is 2.00 bits per heavy atom. The molecule has 0 fully saturated rings. The second-order valence-electron chi connectivity index (χ2n) is 5.21. The molecule has 0 radical (unpaired) electrons. The number of aromatic nitrogens is 2. The Balaban J connectivity index is 2.02. The van der Waals surface area contributed by atoms with Crippen molar-refractivity contribution in [2.45, 2.75) is 45.0 Å². The highest BCUT2D eigenvalue weighted by Crippen LogP contribution is 2.20. The summed E-state index contributed by atoms with van der Waals surface area (Å²) < 4.78 is 2.30. The van der Waals surface area contributed by atoms with Gasteiger partial charge in [-0.05, 0) is 49.5 Å². The first-order valence-corrected chi connectivity index (χ1v) is 9.19. The molecule has 4 heteroatoms. The molecule has 0 N–H and O–H groups in total. The molecule has 1 aromatic heterocycles. The van der Waals surface area contributed by atoms with E-state index in [1.807, 2.05) is 11.8 Å². The molecule has 0 aliphatic carbocycles. The van der Waals surface area contributed by atoms with Crippen molar-refractivity contribution < 1.29 is 0 Å². The van der Waals surface area contributed by atoms with Crippen LogP contribution in [0.1, 0.15) is 37.1 Å². The van der Waals surface area contributed by atoms with Gasteiger partial charge in [0.2, 0.25) is 0 Å². The number of hydrogen-bond donors (Lipinski definition) is 0. The summed E-state index contributed by atoms with van der Waals surface area (Å²) in [7, 11) is 0. The Morgan fingerprint density at radius 3 is 2.75 bits per heavy atom. The molecule has 110 valence electrons. The molecule has 0 saturated heterocycles. The van der Waals surface area contributed by atoms with Crippen molar-refractivity contribution >= 4 is 34.4 Å². The number of unbranched alkanes of at least 4 members (excludes halogenated alkanes) is 3. The molecule has 0 saturated carbocycles. The molecule has 2 aromatic rings. The molecule has 2 nitrogen and oxygen atoms in total. The highest BCUT2D eigenvalue weighted by atomic mass is 35.5. The lowest BCUT2D eigenvalue weighted by atomic mass is 10.2. The SMILES string of the molecule is CSCCCCCCn1c(CCl)nc2ccc(C)cc21. The molecule has 0 bridgehead atoms. The van der Waals surface area contributed by atoms with Gasteiger partial charge in [0.25, 0.3) is 0 Å². The minimum Gasteiger partial charge on any atom is -0.327 e. The van der Waals surface area contributed by atoms with E-state index in [4.69, 9.17) is 11.6 Å². The van der Waals surface area contributed by atoms with E-state index in [0.29, 0.717) is 5.88 Å². The molecule has 0 unspecified atom stereocenters. The fraction of sp³-hybridized carbons (Fsp3) is 0.562. The summed E-state index contributed by atoms with van der Waals surface area (Å²) in [6.45, 7) is 3.15. The van der Waals surface area contributed by atoms with Crippen LogP contribution in [0.25, 0.3) is 11.0 Å². The number of thioether (sulfide) groups is 1. The van der Waals surface area contributed by atoms with Gasteiger partial charge in [-0.25, -0.2) is 4.98 Å². The van der Waals surface area contributed by atoms with Crippen LogP contribution in [0.5, 0.6) is 0 Å². The van der Waals surface area contributed by atoms with Crippen LogP contribution in [0.15, 0.2) is 18.2 Å². The van der Waals surface area contributed by atoms with E-state index in [1.165, 1.54) is 42.5 Å². The fourth-order valence-corrected chi connectivity index (χ4v) is 3.20. The second-order valence-corrected chi connectivity index (χ2v) is 6.47. The van der Waals surface area contributed by atoms with Crippen molar-refractivity contribution in [2.75, 3.05) is 12.0 Å². The molecular formula is C16H23ClN2S. The molecule has 0 spiro atoms. The zero-order valence-corrected chi connectivity index (χ0v) is 13.9. The number of rotatable bonds is 8. The topological polar surface area (TPSA) is 17.8 Å². The zero-order chi connectivity index (χ0) is 14.4. The Kier molecular flexibility index (Phi) is 6.24. The summed E-state index contributed by atoms with van der Waals surface area (Å²) in [4.78, 5) is 4.63. The quantitative estimate of drug-likeness (QED) is 0.504. The lowest BCUT2D eigenvalue weighted by Gasteiger charge is -2.08. The predicted molar refractivity (Wildman–Crippen MR) is 90.9 cm³/mol. The summed E-state index contributed by atoms with van der Waals surface area (Å²) in [5, 5.41) is 0. The van der Waals surface area contributed by atoms with Gasteiger partial charge >= 0.3 is 0 Å². The Labute approximate surface area is 130 Å². The lowest BCUT2D eigenvalue weighted by molar-refractivity contribution is 0.582. The first-order valence-electron chi connectivity index (χ1n) is 7.27. The van der Waals surface area contributed by atoms with E-state index in [-0.39, 0.29) is 0 Å². The number of nitrogens with zero attached hydrogens (tertiary/aromatic N) is 2. The van der Waals surface area contributed by atoms with Crippen LogP contribution >= 0.6 is 23.4 Å². The predicted octanol–water partition coefficient (Wildman–Crippen LogP) is 5.01. The third kappa shape index (κ3) is 3.92. The van der Waals surface area contributed by atoms with E-state index in [9.17, 15) is 0 Å². The van der Waals surface area contributed by atoms with Crippen molar-refractivity contribution in [3.05, 3.63) is 29.6 Å². The van der Waals surface area contributed by atoms with Crippen molar-refractivity contribution in [3.8, 4) is 0 Å². The summed E-state index contributed by atoms with van der Waals surface area (Å²) in [5.74, 6) is 2.76. The second kappa shape index (κ2) is 7.94. The number of alkyl halides is 1. The molecule has 1 heterocycles. The highest BCUT2D eigenvalue weighted by molar-refractivity contribution is 7.98. The Hall–Kier alpha value is -0.670.